The van der Waals surface area contributed by atoms with Crippen molar-refractivity contribution in [2.24, 2.45) is 0 Å². The fourth-order valence-corrected chi connectivity index (χ4v) is 5.60. The Morgan fingerprint density at radius 3 is 2.33 bits per heavy atom. The number of nitrogens with zero attached hydrogens (tertiary/aromatic N) is 3. The summed E-state index contributed by atoms with van der Waals surface area (Å²) in [6, 6.07) is 7.96. The van der Waals surface area contributed by atoms with Crippen molar-refractivity contribution in [1.29, 1.82) is 0 Å². The van der Waals surface area contributed by atoms with Gasteiger partial charge in [0.15, 0.2) is 17.4 Å². The number of carbonyl (C=O) groups excluding carboxylic acids is 2. The van der Waals surface area contributed by atoms with Crippen LogP contribution in [0.1, 0.15) is 18.4 Å². The van der Waals surface area contributed by atoms with Gasteiger partial charge in [-0.1, -0.05) is 24.4 Å². The number of rotatable bonds is 8. The van der Waals surface area contributed by atoms with E-state index in [1.165, 1.54) is 36.2 Å². The van der Waals surface area contributed by atoms with Crippen LogP contribution in [0, 0.1) is 11.6 Å². The maximum Gasteiger partial charge on any atom is 0.409 e. The third kappa shape index (κ3) is 8.91. The van der Waals surface area contributed by atoms with Crippen LogP contribution in [-0.2, 0) is 14.9 Å². The minimum atomic E-state index is -1.45. The van der Waals surface area contributed by atoms with Crippen LogP contribution in [0.15, 0.2) is 36.4 Å². The van der Waals surface area contributed by atoms with Gasteiger partial charge in [0.1, 0.15) is 12.4 Å². The first-order chi connectivity index (χ1) is 20.6. The van der Waals surface area contributed by atoms with Crippen molar-refractivity contribution in [2.45, 2.75) is 24.3 Å². The van der Waals surface area contributed by atoms with Crippen molar-refractivity contribution in [2.75, 3.05) is 66.5 Å². The van der Waals surface area contributed by atoms with Crippen molar-refractivity contribution in [1.82, 2.24) is 24.7 Å². The van der Waals surface area contributed by atoms with Crippen LogP contribution < -0.4 is 14.8 Å². The molecule has 2 aliphatic rings. The lowest BCUT2D eigenvalue weighted by atomic mass is 9.75. The number of thiol groups is 1. The number of nitrogens with one attached hydrogen (secondary N) is 2. The summed E-state index contributed by atoms with van der Waals surface area (Å²) in [6.45, 7) is 4.51. The highest BCUT2D eigenvalue weighted by atomic mass is 35.5. The molecule has 4 rings (SSSR count). The normalized spacial score (nSPS) is 21.3. The lowest BCUT2D eigenvalue weighted by Gasteiger charge is -2.35. The summed E-state index contributed by atoms with van der Waals surface area (Å²) in [5.74, 6) is -2.84. The molecule has 2 atom stereocenters. The van der Waals surface area contributed by atoms with E-state index in [2.05, 4.69) is 39.7 Å². The molecule has 2 aromatic carbocycles. The van der Waals surface area contributed by atoms with Gasteiger partial charge in [-0.2, -0.15) is 0 Å². The summed E-state index contributed by atoms with van der Waals surface area (Å²) in [7, 11) is 3.52. The van der Waals surface area contributed by atoms with E-state index >= 15 is 8.78 Å². The SMILES string of the molecule is CNC(=O)C1(c2cc(F)c(Oc3ccc(Cl)cc3)c(F)c2)CCC(NS)CN(C(=O)OCCN2CCN(C)CC2)C1.OO. The first-order valence-corrected chi connectivity index (χ1v) is 14.5. The summed E-state index contributed by atoms with van der Waals surface area (Å²) in [5.41, 5.74) is -1.36. The van der Waals surface area contributed by atoms with E-state index < -0.39 is 34.8 Å². The van der Waals surface area contributed by atoms with Gasteiger partial charge in [0.25, 0.3) is 0 Å². The van der Waals surface area contributed by atoms with Crippen LogP contribution in [0.2, 0.25) is 5.02 Å². The van der Waals surface area contributed by atoms with Crippen molar-refractivity contribution in [3.63, 3.8) is 0 Å². The Hall–Kier alpha value is -2.72. The molecule has 4 N–H and O–H groups in total. The molecular formula is C28H38ClF2N5O6S. The van der Waals surface area contributed by atoms with E-state index in [9.17, 15) is 9.59 Å². The predicted molar refractivity (Wildman–Crippen MR) is 161 cm³/mol. The fourth-order valence-electron chi connectivity index (χ4n) is 5.26. The van der Waals surface area contributed by atoms with Gasteiger partial charge >= 0.3 is 6.09 Å². The number of hydrogen-bond acceptors (Lipinski definition) is 10. The molecule has 2 heterocycles. The summed E-state index contributed by atoms with van der Waals surface area (Å²) >= 11 is 10.1. The molecule has 43 heavy (non-hydrogen) atoms. The fraction of sp³-hybridized carbons (Fsp3) is 0.500. The number of halogens is 3. The molecule has 2 saturated heterocycles. The average Bonchev–Trinajstić information content (AvgIpc) is 3.22. The highest BCUT2D eigenvalue weighted by molar-refractivity contribution is 7.78. The van der Waals surface area contributed by atoms with Crippen LogP contribution in [-0.4, -0.2) is 110 Å². The Bertz CT molecular complexity index is 1200. The predicted octanol–water partition coefficient (Wildman–Crippen LogP) is 3.69. The van der Waals surface area contributed by atoms with Gasteiger partial charge in [-0.15, -0.1) is 0 Å². The molecule has 11 nitrogen and oxygen atoms in total. The zero-order valence-electron chi connectivity index (χ0n) is 24.1. The van der Waals surface area contributed by atoms with Crippen LogP contribution in [0.3, 0.4) is 0 Å². The summed E-state index contributed by atoms with van der Waals surface area (Å²) in [6.07, 6.45) is 0.00654. The standard InChI is InChI=1S/C28H36ClF2N5O4S.H2O2/c1-32-26(37)28(19-15-23(30)25(24(31)16-19)40-22-5-3-20(29)4-6-22)8-7-21(33-41)17-36(18-28)27(38)39-14-13-35-11-9-34(2)10-12-35;1-2/h3-6,15-16,21,33,41H,7-14,17-18H2,1-2H3,(H,32,37);1-2H. The number of amides is 2. The molecule has 2 aliphatic heterocycles. The third-order valence-electron chi connectivity index (χ3n) is 7.74. The van der Waals surface area contributed by atoms with E-state index in [4.69, 9.17) is 31.6 Å². The maximum atomic E-state index is 15.4. The maximum absolute atomic E-state index is 15.4. The molecular weight excluding hydrogens is 608 g/mol. The summed E-state index contributed by atoms with van der Waals surface area (Å²) in [4.78, 5) is 32.6. The zero-order chi connectivity index (χ0) is 31.6. The Kier molecular flexibility index (Phi) is 13.2. The first kappa shape index (κ1) is 34.8. The lowest BCUT2D eigenvalue weighted by molar-refractivity contribution is -0.176. The van der Waals surface area contributed by atoms with Gasteiger partial charge in [0.2, 0.25) is 5.91 Å². The molecule has 0 aliphatic carbocycles. The molecule has 0 bridgehead atoms. The number of ether oxygens (including phenoxy) is 2. The Balaban J connectivity index is 0.00000248. The molecule has 2 amide bonds. The van der Waals surface area contributed by atoms with Crippen LogP contribution in [0.25, 0.3) is 0 Å². The minimum Gasteiger partial charge on any atom is -0.451 e. The number of benzene rings is 2. The van der Waals surface area contributed by atoms with Crippen LogP contribution in [0.5, 0.6) is 11.5 Å². The Labute approximate surface area is 260 Å². The highest BCUT2D eigenvalue weighted by Crippen LogP contribution is 2.38. The van der Waals surface area contributed by atoms with E-state index in [1.807, 2.05) is 0 Å². The topological polar surface area (TPSA) is 127 Å². The Morgan fingerprint density at radius 2 is 1.74 bits per heavy atom. The molecule has 2 aromatic rings. The monoisotopic (exact) mass is 645 g/mol. The van der Waals surface area contributed by atoms with E-state index in [-0.39, 0.29) is 43.5 Å². The van der Waals surface area contributed by atoms with Crippen molar-refractivity contribution in [3.8, 4) is 11.5 Å². The van der Waals surface area contributed by atoms with Crippen molar-refractivity contribution in [3.05, 3.63) is 58.6 Å². The van der Waals surface area contributed by atoms with E-state index in [0.717, 1.165) is 38.3 Å². The summed E-state index contributed by atoms with van der Waals surface area (Å²) < 4.78 is 44.7. The average molecular weight is 646 g/mol. The molecule has 2 fully saturated rings. The van der Waals surface area contributed by atoms with Crippen molar-refractivity contribution >= 4 is 36.4 Å². The zero-order valence-corrected chi connectivity index (χ0v) is 25.7. The van der Waals surface area contributed by atoms with Gasteiger partial charge in [-0.25, -0.2) is 13.6 Å². The quantitative estimate of drug-likeness (QED) is 0.166. The van der Waals surface area contributed by atoms with Gasteiger partial charge in [0, 0.05) is 63.9 Å². The third-order valence-corrected chi connectivity index (χ3v) is 8.35. The summed E-state index contributed by atoms with van der Waals surface area (Å²) in [5, 5.41) is 15.1. The molecule has 0 saturated carbocycles. The van der Waals surface area contributed by atoms with Crippen molar-refractivity contribution < 1.29 is 38.4 Å². The van der Waals surface area contributed by atoms with Crippen LogP contribution >= 0.6 is 24.4 Å². The molecule has 15 heteroatoms. The highest BCUT2D eigenvalue weighted by Gasteiger charge is 2.46. The molecule has 2 unspecified atom stereocenters. The van der Waals surface area contributed by atoms with E-state index in [0.29, 0.717) is 18.0 Å². The number of likely N-dealkylation sites (N-methyl/N-ethyl adjacent to an activating group) is 2. The second kappa shape index (κ2) is 16.4. The molecule has 0 radical (unpaired) electrons. The second-order valence-electron chi connectivity index (χ2n) is 10.5. The second-order valence-corrected chi connectivity index (χ2v) is 11.2. The molecule has 238 valence electrons. The molecule has 0 spiro atoms. The minimum absolute atomic E-state index is 0.0883. The Morgan fingerprint density at radius 1 is 1.12 bits per heavy atom. The lowest BCUT2D eigenvalue weighted by Crippen LogP contribution is -2.52. The van der Waals surface area contributed by atoms with E-state index in [1.54, 1.807) is 0 Å². The van der Waals surface area contributed by atoms with Crippen LogP contribution in [0.4, 0.5) is 13.6 Å². The smallest absolute Gasteiger partial charge is 0.409 e. The number of piperazine rings is 1. The largest absolute Gasteiger partial charge is 0.451 e. The van der Waals surface area contributed by atoms with Gasteiger partial charge in [0.05, 0.1) is 5.41 Å². The van der Waals surface area contributed by atoms with Gasteiger partial charge in [-0.3, -0.25) is 24.9 Å². The number of carbonyl (C=O) groups is 2. The van der Waals surface area contributed by atoms with Gasteiger partial charge in [-0.05, 0) is 61.9 Å². The number of hydrogen-bond donors (Lipinski definition) is 5. The molecule has 0 aromatic heterocycles. The number of likely N-dealkylation sites (tertiary alicyclic amines) is 1. The first-order valence-electron chi connectivity index (χ1n) is 13.7. The van der Waals surface area contributed by atoms with Gasteiger partial charge < -0.3 is 24.6 Å².